The molecule has 5 rings (SSSR count). The van der Waals surface area contributed by atoms with E-state index in [1.165, 1.54) is 16.0 Å². The van der Waals surface area contributed by atoms with Crippen molar-refractivity contribution in [3.05, 3.63) is 59.7 Å². The predicted octanol–water partition coefficient (Wildman–Crippen LogP) is 4.41. The zero-order chi connectivity index (χ0) is 19.3. The van der Waals surface area contributed by atoms with Gasteiger partial charge in [-0.1, -0.05) is 61.4 Å². The Kier molecular flexibility index (Phi) is 3.93. The third-order valence-electron chi connectivity index (χ3n) is 6.71. The fraction of sp³-hybridized carbons (Fsp3) is 0.391. The van der Waals surface area contributed by atoms with Gasteiger partial charge < -0.3 is 9.84 Å². The highest BCUT2D eigenvalue weighted by Gasteiger charge is 2.60. The second kappa shape index (κ2) is 6.36. The Hall–Kier alpha value is -2.82. The molecule has 2 heterocycles. The molecule has 3 aliphatic rings. The van der Waals surface area contributed by atoms with Crippen LogP contribution in [0, 0.1) is 0 Å². The summed E-state index contributed by atoms with van der Waals surface area (Å²) < 4.78 is 5.73. The molecule has 0 saturated carbocycles. The average Bonchev–Trinajstić information content (AvgIpc) is 2.84. The molecule has 0 aromatic heterocycles. The minimum absolute atomic E-state index is 0.00532. The van der Waals surface area contributed by atoms with Crippen LogP contribution in [0.4, 0.5) is 4.79 Å². The Morgan fingerprint density at radius 3 is 2.32 bits per heavy atom. The summed E-state index contributed by atoms with van der Waals surface area (Å²) in [6.07, 6.45) is 3.25. The van der Waals surface area contributed by atoms with Gasteiger partial charge in [0.2, 0.25) is 0 Å². The Bertz CT molecular complexity index is 906. The molecule has 2 unspecified atom stereocenters. The highest BCUT2D eigenvalue weighted by Crippen LogP contribution is 2.47. The average molecular weight is 377 g/mol. The third kappa shape index (κ3) is 2.38. The van der Waals surface area contributed by atoms with Gasteiger partial charge in [-0.15, -0.1) is 0 Å². The number of amides is 1. The van der Waals surface area contributed by atoms with Crippen molar-refractivity contribution in [2.24, 2.45) is 0 Å². The topological polar surface area (TPSA) is 66.8 Å². The number of benzene rings is 2. The lowest BCUT2D eigenvalue weighted by Gasteiger charge is -2.53. The van der Waals surface area contributed by atoms with Crippen molar-refractivity contribution in [3.63, 3.8) is 0 Å². The van der Waals surface area contributed by atoms with E-state index in [1.54, 1.807) is 0 Å². The molecular formula is C23H23NO4. The van der Waals surface area contributed by atoms with Crippen LogP contribution in [0.2, 0.25) is 0 Å². The number of carboxylic acids is 1. The molecule has 1 N–H and O–H groups in total. The number of hydrogen-bond acceptors (Lipinski definition) is 3. The standard InChI is InChI=1S/C23H23NO4/c25-21(26)23-12-6-5-7-15(13-23)24(23)22(27)28-14-20-18-10-3-1-8-16(18)17-9-2-4-11-19(17)20/h1-4,8-11,15,20H,5-7,12-14H2,(H,25,26). The summed E-state index contributed by atoms with van der Waals surface area (Å²) in [5, 5.41) is 9.77. The molecule has 2 fully saturated rings. The van der Waals surface area contributed by atoms with Crippen molar-refractivity contribution in [2.75, 3.05) is 6.61 Å². The van der Waals surface area contributed by atoms with Gasteiger partial charge in [0.05, 0.1) is 0 Å². The predicted molar refractivity (Wildman–Crippen MR) is 104 cm³/mol. The Balaban J connectivity index is 1.38. The van der Waals surface area contributed by atoms with E-state index in [0.29, 0.717) is 12.8 Å². The smallest absolute Gasteiger partial charge is 0.411 e. The normalized spacial score (nSPS) is 25.3. The van der Waals surface area contributed by atoms with Crippen molar-refractivity contribution in [1.29, 1.82) is 0 Å². The van der Waals surface area contributed by atoms with Crippen LogP contribution in [0.5, 0.6) is 0 Å². The molecule has 0 spiro atoms. The van der Waals surface area contributed by atoms with Gasteiger partial charge >= 0.3 is 12.1 Å². The monoisotopic (exact) mass is 377 g/mol. The molecular weight excluding hydrogens is 354 g/mol. The van der Waals surface area contributed by atoms with Gasteiger partial charge in [-0.2, -0.15) is 0 Å². The van der Waals surface area contributed by atoms with Crippen LogP contribution in [0.3, 0.4) is 0 Å². The van der Waals surface area contributed by atoms with E-state index in [-0.39, 0.29) is 18.6 Å². The summed E-state index contributed by atoms with van der Waals surface area (Å²) in [6, 6.07) is 16.4. The lowest BCUT2D eigenvalue weighted by atomic mass is 9.77. The van der Waals surface area contributed by atoms with Gasteiger partial charge in [-0.25, -0.2) is 9.59 Å². The van der Waals surface area contributed by atoms with Crippen LogP contribution < -0.4 is 0 Å². The first-order valence-electron chi connectivity index (χ1n) is 9.99. The molecule has 2 aromatic carbocycles. The fourth-order valence-electron chi connectivity index (χ4n) is 5.35. The molecule has 0 radical (unpaired) electrons. The van der Waals surface area contributed by atoms with Crippen LogP contribution in [-0.4, -0.2) is 40.3 Å². The highest BCUT2D eigenvalue weighted by atomic mass is 16.6. The maximum atomic E-state index is 12.9. The molecule has 2 aliphatic heterocycles. The maximum Gasteiger partial charge on any atom is 0.411 e. The lowest BCUT2D eigenvalue weighted by Crippen LogP contribution is -2.70. The molecule has 5 heteroatoms. The molecule has 2 saturated heterocycles. The number of carboxylic acid groups (broad SMARTS) is 1. The lowest BCUT2D eigenvalue weighted by molar-refractivity contribution is -0.165. The number of hydrogen-bond donors (Lipinski definition) is 1. The first kappa shape index (κ1) is 17.3. The first-order valence-corrected chi connectivity index (χ1v) is 9.99. The van der Waals surface area contributed by atoms with Gasteiger partial charge in [0.15, 0.2) is 0 Å². The second-order valence-electron chi connectivity index (χ2n) is 8.11. The van der Waals surface area contributed by atoms with Gasteiger partial charge in [-0.05, 0) is 35.1 Å². The number of nitrogens with zero attached hydrogens (tertiary/aromatic N) is 1. The van der Waals surface area contributed by atoms with Gasteiger partial charge in [0.1, 0.15) is 12.1 Å². The number of ether oxygens (including phenoxy) is 1. The molecule has 28 heavy (non-hydrogen) atoms. The molecule has 144 valence electrons. The minimum atomic E-state index is -1.07. The van der Waals surface area contributed by atoms with E-state index < -0.39 is 17.6 Å². The molecule has 5 nitrogen and oxygen atoms in total. The maximum absolute atomic E-state index is 12.9. The Labute approximate surface area is 163 Å². The van der Waals surface area contributed by atoms with Crippen LogP contribution in [0.1, 0.15) is 49.1 Å². The van der Waals surface area contributed by atoms with Crippen molar-refractivity contribution < 1.29 is 19.4 Å². The van der Waals surface area contributed by atoms with Crippen molar-refractivity contribution in [3.8, 4) is 11.1 Å². The van der Waals surface area contributed by atoms with Crippen LogP contribution >= 0.6 is 0 Å². The zero-order valence-corrected chi connectivity index (χ0v) is 15.6. The summed E-state index contributed by atoms with van der Waals surface area (Å²) >= 11 is 0. The molecule has 1 aliphatic carbocycles. The van der Waals surface area contributed by atoms with E-state index in [0.717, 1.165) is 30.4 Å². The number of carbonyl (C=O) groups excluding carboxylic acids is 1. The Morgan fingerprint density at radius 1 is 1.04 bits per heavy atom. The first-order chi connectivity index (χ1) is 13.6. The van der Waals surface area contributed by atoms with Gasteiger partial charge in [0.25, 0.3) is 0 Å². The van der Waals surface area contributed by atoms with Crippen molar-refractivity contribution in [1.82, 2.24) is 4.90 Å². The molecule has 2 atom stereocenters. The zero-order valence-electron chi connectivity index (χ0n) is 15.6. The van der Waals surface area contributed by atoms with Crippen LogP contribution in [-0.2, 0) is 9.53 Å². The summed E-state index contributed by atoms with van der Waals surface area (Å²) in [6.45, 7) is 0.228. The molecule has 2 aromatic rings. The number of aliphatic carboxylic acids is 1. The quantitative estimate of drug-likeness (QED) is 0.860. The second-order valence-corrected chi connectivity index (χ2v) is 8.11. The van der Waals surface area contributed by atoms with E-state index in [9.17, 15) is 14.7 Å². The van der Waals surface area contributed by atoms with E-state index in [4.69, 9.17) is 4.74 Å². The van der Waals surface area contributed by atoms with Gasteiger partial charge in [-0.3, -0.25) is 4.90 Å². The Morgan fingerprint density at radius 2 is 1.68 bits per heavy atom. The van der Waals surface area contributed by atoms with Crippen LogP contribution in [0.25, 0.3) is 11.1 Å². The summed E-state index contributed by atoms with van der Waals surface area (Å²) in [5.74, 6) is -0.917. The number of carbonyl (C=O) groups is 2. The van der Waals surface area contributed by atoms with Gasteiger partial charge in [0, 0.05) is 18.4 Å². The summed E-state index contributed by atoms with van der Waals surface area (Å²) in [4.78, 5) is 26.4. The number of fused-ring (bicyclic) bond motifs is 5. The summed E-state index contributed by atoms with van der Waals surface area (Å²) in [5.41, 5.74) is 3.61. The number of rotatable bonds is 3. The molecule has 1 amide bonds. The highest BCUT2D eigenvalue weighted by molar-refractivity contribution is 5.87. The fourth-order valence-corrected chi connectivity index (χ4v) is 5.35. The van der Waals surface area contributed by atoms with Crippen LogP contribution in [0.15, 0.2) is 48.5 Å². The third-order valence-corrected chi connectivity index (χ3v) is 6.71. The SMILES string of the molecule is O=C(OCC1c2ccccc2-c2ccccc21)N1C2CCCCC1(C(=O)O)C2. The van der Waals surface area contributed by atoms with E-state index in [1.807, 2.05) is 24.3 Å². The van der Waals surface area contributed by atoms with E-state index >= 15 is 0 Å². The van der Waals surface area contributed by atoms with Crippen molar-refractivity contribution in [2.45, 2.75) is 49.6 Å². The largest absolute Gasteiger partial charge is 0.479 e. The molecule has 2 bridgehead atoms. The van der Waals surface area contributed by atoms with E-state index in [2.05, 4.69) is 24.3 Å². The minimum Gasteiger partial charge on any atom is -0.479 e. The summed E-state index contributed by atoms with van der Waals surface area (Å²) in [7, 11) is 0. The van der Waals surface area contributed by atoms with Crippen molar-refractivity contribution >= 4 is 12.1 Å².